The zero-order valence-electron chi connectivity index (χ0n) is 19.3. The molecule has 3 aliphatic carbocycles. The second kappa shape index (κ2) is 6.71. The molecule has 4 fully saturated rings. The van der Waals surface area contributed by atoms with Crippen LogP contribution in [0, 0.1) is 5.41 Å². The molecule has 6 rings (SSSR count). The van der Waals surface area contributed by atoms with Crippen molar-refractivity contribution in [3.63, 3.8) is 0 Å². The molecule has 0 unspecified atom stereocenters. The van der Waals surface area contributed by atoms with E-state index in [2.05, 4.69) is 83.1 Å². The molecule has 4 aliphatic rings. The zero-order chi connectivity index (χ0) is 21.2. The minimum Gasteiger partial charge on any atom is -0.399 e. The lowest BCUT2D eigenvalue weighted by atomic mass is 9.52. The van der Waals surface area contributed by atoms with Gasteiger partial charge in [-0.2, -0.15) is 0 Å². The number of benzene rings is 2. The van der Waals surface area contributed by atoms with E-state index in [9.17, 15) is 0 Å². The number of fused-ring (bicyclic) bond motifs is 3. The first-order chi connectivity index (χ1) is 14.1. The fraction of sp³-hybridized carbons (Fsp3) is 0.556. The summed E-state index contributed by atoms with van der Waals surface area (Å²) in [6, 6.07) is 18.1. The Morgan fingerprint density at radius 3 is 1.50 bits per heavy atom. The average molecular weight is 402 g/mol. The predicted octanol–water partition coefficient (Wildman–Crippen LogP) is 6.26. The molecule has 158 valence electrons. The van der Waals surface area contributed by atoms with E-state index < -0.39 is 0 Å². The van der Waals surface area contributed by atoms with Gasteiger partial charge in [-0.05, 0) is 99.2 Å². The van der Waals surface area contributed by atoms with Crippen molar-refractivity contribution in [2.45, 2.75) is 89.8 Å². The Morgan fingerprint density at radius 1 is 0.600 bits per heavy atom. The van der Waals surface area contributed by atoms with E-state index in [1.165, 1.54) is 49.7 Å². The molecule has 1 aliphatic heterocycles. The molecular weight excluding hydrogens is 367 g/mol. The molecule has 2 aromatic carbocycles. The summed E-state index contributed by atoms with van der Waals surface area (Å²) in [4.78, 5) is 0. The molecule has 0 atom stereocenters. The Hall–Kier alpha value is -1.58. The van der Waals surface area contributed by atoms with Gasteiger partial charge >= 0.3 is 7.12 Å². The maximum absolute atomic E-state index is 6.19. The summed E-state index contributed by atoms with van der Waals surface area (Å²) in [5.74, 6) is 0. The van der Waals surface area contributed by atoms with Gasteiger partial charge in [0, 0.05) is 0 Å². The Kier molecular flexibility index (Phi) is 4.55. The molecule has 30 heavy (non-hydrogen) atoms. The third-order valence-corrected chi connectivity index (χ3v) is 8.89. The maximum atomic E-state index is 6.19. The van der Waals surface area contributed by atoms with E-state index in [0.29, 0.717) is 10.8 Å². The van der Waals surface area contributed by atoms with Crippen molar-refractivity contribution in [3.8, 4) is 11.1 Å². The quantitative estimate of drug-likeness (QED) is 0.564. The molecule has 1 heterocycles. The molecule has 3 saturated carbocycles. The fourth-order valence-corrected chi connectivity index (χ4v) is 5.63. The van der Waals surface area contributed by atoms with Crippen molar-refractivity contribution in [2.75, 3.05) is 0 Å². The van der Waals surface area contributed by atoms with E-state index in [1.54, 1.807) is 5.56 Å². The summed E-state index contributed by atoms with van der Waals surface area (Å²) in [5, 5.41) is 0. The van der Waals surface area contributed by atoms with Gasteiger partial charge in [0.05, 0.1) is 11.2 Å². The molecule has 0 spiro atoms. The molecule has 3 heteroatoms. The van der Waals surface area contributed by atoms with Crippen molar-refractivity contribution in [1.82, 2.24) is 0 Å². The normalized spacial score (nSPS) is 31.8. The molecule has 0 radical (unpaired) electrons. The topological polar surface area (TPSA) is 18.5 Å². The van der Waals surface area contributed by atoms with Crippen LogP contribution in [0.15, 0.2) is 48.5 Å². The van der Waals surface area contributed by atoms with Crippen molar-refractivity contribution in [3.05, 3.63) is 54.1 Å². The van der Waals surface area contributed by atoms with Gasteiger partial charge in [-0.1, -0.05) is 55.5 Å². The van der Waals surface area contributed by atoms with Crippen LogP contribution in [0.2, 0.25) is 0 Å². The van der Waals surface area contributed by atoms with Gasteiger partial charge in [0.25, 0.3) is 0 Å². The lowest BCUT2D eigenvalue weighted by molar-refractivity contribution is 0.00578. The van der Waals surface area contributed by atoms with E-state index in [1.807, 2.05) is 0 Å². The van der Waals surface area contributed by atoms with Gasteiger partial charge in [0.2, 0.25) is 0 Å². The third kappa shape index (κ3) is 3.26. The van der Waals surface area contributed by atoms with Gasteiger partial charge in [-0.25, -0.2) is 0 Å². The molecule has 0 aromatic heterocycles. The highest BCUT2D eigenvalue weighted by atomic mass is 16.7. The molecule has 2 nitrogen and oxygen atoms in total. The SMILES string of the molecule is CC12CCC(c3ccc(-c4ccc(B5OC(C)(C)C(C)(C)O5)cc4)cc3)(CC1)CC2. The van der Waals surface area contributed by atoms with E-state index in [0.717, 1.165) is 5.46 Å². The largest absolute Gasteiger partial charge is 0.494 e. The number of hydrogen-bond donors (Lipinski definition) is 0. The predicted molar refractivity (Wildman–Crippen MR) is 125 cm³/mol. The monoisotopic (exact) mass is 402 g/mol. The molecule has 0 amide bonds. The van der Waals surface area contributed by atoms with Crippen LogP contribution in [0.5, 0.6) is 0 Å². The lowest BCUT2D eigenvalue weighted by Gasteiger charge is -2.52. The zero-order valence-corrected chi connectivity index (χ0v) is 19.3. The summed E-state index contributed by atoms with van der Waals surface area (Å²) in [6.07, 6.45) is 8.29. The van der Waals surface area contributed by atoms with E-state index >= 15 is 0 Å². The smallest absolute Gasteiger partial charge is 0.399 e. The summed E-state index contributed by atoms with van der Waals surface area (Å²) < 4.78 is 12.4. The van der Waals surface area contributed by atoms with Crippen molar-refractivity contribution >= 4 is 12.6 Å². The van der Waals surface area contributed by atoms with Crippen LogP contribution >= 0.6 is 0 Å². The third-order valence-electron chi connectivity index (χ3n) is 8.89. The van der Waals surface area contributed by atoms with Crippen LogP contribution in [0.3, 0.4) is 0 Å². The fourth-order valence-electron chi connectivity index (χ4n) is 5.63. The Balaban J connectivity index is 1.32. The van der Waals surface area contributed by atoms with Crippen molar-refractivity contribution in [1.29, 1.82) is 0 Å². The molecule has 1 saturated heterocycles. The Labute approximate surface area is 182 Å². The first-order valence-corrected chi connectivity index (χ1v) is 11.7. The van der Waals surface area contributed by atoms with Crippen molar-refractivity contribution in [2.24, 2.45) is 5.41 Å². The van der Waals surface area contributed by atoms with Crippen LogP contribution in [0.25, 0.3) is 11.1 Å². The van der Waals surface area contributed by atoms with Crippen LogP contribution in [-0.4, -0.2) is 18.3 Å². The van der Waals surface area contributed by atoms with Gasteiger partial charge in [-0.3, -0.25) is 0 Å². The summed E-state index contributed by atoms with van der Waals surface area (Å²) in [5.41, 5.74) is 5.63. The first kappa shape index (κ1) is 20.3. The highest BCUT2D eigenvalue weighted by Gasteiger charge is 2.51. The number of rotatable bonds is 3. The van der Waals surface area contributed by atoms with Gasteiger partial charge in [0.15, 0.2) is 0 Å². The minimum absolute atomic E-state index is 0.297. The maximum Gasteiger partial charge on any atom is 0.494 e. The van der Waals surface area contributed by atoms with E-state index in [-0.39, 0.29) is 18.3 Å². The highest BCUT2D eigenvalue weighted by molar-refractivity contribution is 6.62. The second-order valence-corrected chi connectivity index (χ2v) is 11.4. The Bertz CT molecular complexity index is 886. The lowest BCUT2D eigenvalue weighted by Crippen LogP contribution is -2.42. The van der Waals surface area contributed by atoms with Gasteiger partial charge < -0.3 is 9.31 Å². The minimum atomic E-state index is -0.304. The molecule has 2 bridgehead atoms. The van der Waals surface area contributed by atoms with Crippen LogP contribution in [-0.2, 0) is 14.7 Å². The van der Waals surface area contributed by atoms with E-state index in [4.69, 9.17) is 9.31 Å². The van der Waals surface area contributed by atoms with Crippen molar-refractivity contribution < 1.29 is 9.31 Å². The number of hydrogen-bond acceptors (Lipinski definition) is 2. The summed E-state index contributed by atoms with van der Waals surface area (Å²) in [7, 11) is -0.297. The van der Waals surface area contributed by atoms with Gasteiger partial charge in [0.1, 0.15) is 0 Å². The standard InChI is InChI=1S/C27H35BO2/c1-24(2)25(3,4)30-28(29-24)23-12-8-21(9-13-23)20-6-10-22(11-7-20)27-17-14-26(5,15-18-27)16-19-27/h6-13H,14-19H2,1-5H3. The highest BCUT2D eigenvalue weighted by Crippen LogP contribution is 2.57. The summed E-state index contributed by atoms with van der Waals surface area (Å²) in [6.45, 7) is 10.9. The Morgan fingerprint density at radius 2 is 1.03 bits per heavy atom. The second-order valence-electron chi connectivity index (χ2n) is 11.4. The molecule has 2 aromatic rings. The van der Waals surface area contributed by atoms with Crippen LogP contribution in [0.4, 0.5) is 0 Å². The first-order valence-electron chi connectivity index (χ1n) is 11.7. The molecule has 0 N–H and O–H groups in total. The molecular formula is C27H35BO2. The average Bonchev–Trinajstić information content (AvgIpc) is 2.96. The van der Waals surface area contributed by atoms with Gasteiger partial charge in [-0.15, -0.1) is 0 Å². The van der Waals surface area contributed by atoms with Crippen LogP contribution in [0.1, 0.15) is 78.7 Å². The summed E-state index contributed by atoms with van der Waals surface area (Å²) >= 11 is 0. The van der Waals surface area contributed by atoms with Crippen LogP contribution < -0.4 is 5.46 Å².